The van der Waals surface area contributed by atoms with Crippen molar-refractivity contribution in [2.75, 3.05) is 6.54 Å². The van der Waals surface area contributed by atoms with Gasteiger partial charge in [0.2, 0.25) is 11.8 Å². The smallest absolute Gasteiger partial charge is 0.238 e. The van der Waals surface area contributed by atoms with Gasteiger partial charge in [-0.3, -0.25) is 15.0 Å². The van der Waals surface area contributed by atoms with E-state index in [2.05, 4.69) is 25.7 Å². The van der Waals surface area contributed by atoms with Crippen LogP contribution in [0, 0.1) is 0 Å². The van der Waals surface area contributed by atoms with Crippen LogP contribution >= 0.6 is 0 Å². The van der Waals surface area contributed by atoms with Gasteiger partial charge in [0.05, 0.1) is 0 Å². The second-order valence-electron chi connectivity index (χ2n) is 5.35. The number of fused-ring (bicyclic) bond motifs is 1. The molecule has 3 N–H and O–H groups in total. The Hall–Kier alpha value is -2.41. The van der Waals surface area contributed by atoms with Crippen molar-refractivity contribution in [3.63, 3.8) is 0 Å². The molecular formula is C15H19N5O2. The summed E-state index contributed by atoms with van der Waals surface area (Å²) in [7, 11) is 0. The van der Waals surface area contributed by atoms with Crippen LogP contribution in [0.1, 0.15) is 19.3 Å². The van der Waals surface area contributed by atoms with E-state index in [0.29, 0.717) is 19.4 Å². The van der Waals surface area contributed by atoms with Crippen LogP contribution in [-0.2, 0) is 16.1 Å². The summed E-state index contributed by atoms with van der Waals surface area (Å²) in [4.78, 5) is 27.3. The molecule has 2 aromatic rings. The van der Waals surface area contributed by atoms with Gasteiger partial charge in [0.1, 0.15) is 11.7 Å². The third kappa shape index (κ3) is 3.25. The summed E-state index contributed by atoms with van der Waals surface area (Å²) in [6.07, 6.45) is 5.53. The Kier molecular flexibility index (Phi) is 4.34. The molecule has 7 heteroatoms. The summed E-state index contributed by atoms with van der Waals surface area (Å²) in [6.45, 7) is 1.40. The second kappa shape index (κ2) is 6.57. The lowest BCUT2D eigenvalue weighted by Gasteiger charge is -2.22. The maximum absolute atomic E-state index is 11.9. The standard InChI is InChI=1S/C15H19N5O2/c21-13-5-4-12(18-19-13)15(22)17-8-2-9-20-10-6-11-3-1-7-16-14(11)20/h1,3,6-7,10,12,18H,2,4-5,8-9H2,(H,17,22)(H,19,21). The highest BCUT2D eigenvalue weighted by Crippen LogP contribution is 2.12. The van der Waals surface area contributed by atoms with Gasteiger partial charge < -0.3 is 9.88 Å². The molecule has 116 valence electrons. The second-order valence-corrected chi connectivity index (χ2v) is 5.35. The molecule has 7 nitrogen and oxygen atoms in total. The molecule has 1 saturated heterocycles. The first-order chi connectivity index (χ1) is 10.7. The third-order valence-electron chi connectivity index (χ3n) is 3.76. The lowest BCUT2D eigenvalue weighted by Crippen LogP contribution is -2.55. The van der Waals surface area contributed by atoms with Crippen LogP contribution in [0.3, 0.4) is 0 Å². The van der Waals surface area contributed by atoms with E-state index in [1.54, 1.807) is 6.20 Å². The van der Waals surface area contributed by atoms with Crippen LogP contribution in [0.2, 0.25) is 0 Å². The van der Waals surface area contributed by atoms with Gasteiger partial charge in [0.15, 0.2) is 0 Å². The van der Waals surface area contributed by atoms with Crippen molar-refractivity contribution in [2.24, 2.45) is 0 Å². The van der Waals surface area contributed by atoms with E-state index in [4.69, 9.17) is 0 Å². The molecule has 1 aliphatic heterocycles. The molecule has 0 saturated carbocycles. The molecule has 0 bridgehead atoms. The van der Waals surface area contributed by atoms with E-state index in [1.165, 1.54) is 0 Å². The normalized spacial score (nSPS) is 18.2. The zero-order valence-electron chi connectivity index (χ0n) is 12.2. The molecule has 0 radical (unpaired) electrons. The fourth-order valence-corrected chi connectivity index (χ4v) is 2.56. The molecule has 2 aromatic heterocycles. The summed E-state index contributed by atoms with van der Waals surface area (Å²) in [5.41, 5.74) is 6.17. The molecule has 1 atom stereocenters. The first kappa shape index (κ1) is 14.5. The largest absolute Gasteiger partial charge is 0.355 e. The van der Waals surface area contributed by atoms with Gasteiger partial charge in [-0.25, -0.2) is 10.4 Å². The number of hydrazine groups is 1. The minimum atomic E-state index is -0.341. The Morgan fingerprint density at radius 1 is 1.45 bits per heavy atom. The number of aryl methyl sites for hydroxylation is 1. The van der Waals surface area contributed by atoms with E-state index >= 15 is 0 Å². The first-order valence-electron chi connectivity index (χ1n) is 7.46. The Bertz CT molecular complexity index is 671. The van der Waals surface area contributed by atoms with Gasteiger partial charge in [-0.15, -0.1) is 0 Å². The number of carbonyl (C=O) groups is 2. The lowest BCUT2D eigenvalue weighted by molar-refractivity contribution is -0.128. The maximum atomic E-state index is 11.9. The van der Waals surface area contributed by atoms with Crippen molar-refractivity contribution in [1.29, 1.82) is 0 Å². The van der Waals surface area contributed by atoms with Crippen molar-refractivity contribution in [3.8, 4) is 0 Å². The predicted molar refractivity (Wildman–Crippen MR) is 81.7 cm³/mol. The maximum Gasteiger partial charge on any atom is 0.238 e. The third-order valence-corrected chi connectivity index (χ3v) is 3.76. The minimum absolute atomic E-state index is 0.0731. The van der Waals surface area contributed by atoms with E-state index < -0.39 is 0 Å². The number of aromatic nitrogens is 2. The van der Waals surface area contributed by atoms with Crippen molar-refractivity contribution < 1.29 is 9.59 Å². The molecule has 1 unspecified atom stereocenters. The summed E-state index contributed by atoms with van der Waals surface area (Å²) >= 11 is 0. The molecule has 0 aromatic carbocycles. The van der Waals surface area contributed by atoms with Gasteiger partial charge in [0.25, 0.3) is 0 Å². The van der Waals surface area contributed by atoms with E-state index in [-0.39, 0.29) is 17.9 Å². The number of nitrogens with zero attached hydrogens (tertiary/aromatic N) is 2. The number of amides is 2. The van der Waals surface area contributed by atoms with Crippen LogP contribution in [0.4, 0.5) is 0 Å². The molecule has 1 aliphatic rings. The van der Waals surface area contributed by atoms with Crippen LogP contribution in [0.5, 0.6) is 0 Å². The van der Waals surface area contributed by atoms with Gasteiger partial charge >= 0.3 is 0 Å². The monoisotopic (exact) mass is 301 g/mol. The zero-order valence-corrected chi connectivity index (χ0v) is 12.2. The van der Waals surface area contributed by atoms with Crippen LogP contribution < -0.4 is 16.2 Å². The zero-order chi connectivity index (χ0) is 15.4. The molecule has 3 rings (SSSR count). The summed E-state index contributed by atoms with van der Waals surface area (Å²) in [5, 5.41) is 4.01. The van der Waals surface area contributed by atoms with Crippen molar-refractivity contribution in [2.45, 2.75) is 31.8 Å². The highest BCUT2D eigenvalue weighted by molar-refractivity contribution is 5.85. The average molecular weight is 301 g/mol. The summed E-state index contributed by atoms with van der Waals surface area (Å²) < 4.78 is 2.08. The van der Waals surface area contributed by atoms with E-state index in [9.17, 15) is 9.59 Å². The van der Waals surface area contributed by atoms with Crippen molar-refractivity contribution in [1.82, 2.24) is 25.7 Å². The quantitative estimate of drug-likeness (QED) is 0.694. The fraction of sp³-hybridized carbons (Fsp3) is 0.400. The Morgan fingerprint density at radius 2 is 2.36 bits per heavy atom. The highest BCUT2D eigenvalue weighted by Gasteiger charge is 2.23. The van der Waals surface area contributed by atoms with Crippen LogP contribution in [0.25, 0.3) is 11.0 Å². The molecule has 3 heterocycles. The Balaban J connectivity index is 1.43. The van der Waals surface area contributed by atoms with Crippen molar-refractivity contribution >= 4 is 22.8 Å². The highest BCUT2D eigenvalue weighted by atomic mass is 16.2. The van der Waals surface area contributed by atoms with Crippen LogP contribution in [-0.4, -0.2) is 34.0 Å². The van der Waals surface area contributed by atoms with Crippen molar-refractivity contribution in [3.05, 3.63) is 30.6 Å². The summed E-state index contributed by atoms with van der Waals surface area (Å²) in [5.74, 6) is -0.147. The molecule has 2 amide bonds. The predicted octanol–water partition coefficient (Wildman–Crippen LogP) is 0.326. The van der Waals surface area contributed by atoms with Gasteiger partial charge in [-0.05, 0) is 31.0 Å². The molecule has 0 aliphatic carbocycles. The number of hydrogen-bond acceptors (Lipinski definition) is 4. The summed E-state index contributed by atoms with van der Waals surface area (Å²) in [6, 6.07) is 5.65. The van der Waals surface area contributed by atoms with Gasteiger partial charge in [-0.2, -0.15) is 0 Å². The SMILES string of the molecule is O=C1CCC(C(=O)NCCCn2ccc3cccnc32)NN1. The Morgan fingerprint density at radius 3 is 3.18 bits per heavy atom. The molecule has 22 heavy (non-hydrogen) atoms. The minimum Gasteiger partial charge on any atom is -0.355 e. The number of nitrogens with one attached hydrogen (secondary N) is 3. The lowest BCUT2D eigenvalue weighted by atomic mass is 10.1. The first-order valence-corrected chi connectivity index (χ1v) is 7.46. The van der Waals surface area contributed by atoms with E-state index in [1.807, 2.05) is 24.4 Å². The van der Waals surface area contributed by atoms with E-state index in [0.717, 1.165) is 24.0 Å². The van der Waals surface area contributed by atoms with Crippen LogP contribution in [0.15, 0.2) is 30.6 Å². The number of pyridine rings is 1. The Labute approximate surface area is 128 Å². The average Bonchev–Trinajstić information content (AvgIpc) is 2.95. The number of carbonyl (C=O) groups excluding carboxylic acids is 2. The molecule has 0 spiro atoms. The topological polar surface area (TPSA) is 88.0 Å². The molecular weight excluding hydrogens is 282 g/mol. The van der Waals surface area contributed by atoms with Gasteiger partial charge in [-0.1, -0.05) is 0 Å². The molecule has 1 fully saturated rings. The number of hydrogen-bond donors (Lipinski definition) is 3. The van der Waals surface area contributed by atoms with Gasteiger partial charge in [0, 0.05) is 37.3 Å². The fourth-order valence-electron chi connectivity index (χ4n) is 2.56. The number of rotatable bonds is 5.